The Hall–Kier alpha value is -2.44. The molecule has 1 aliphatic carbocycles. The highest BCUT2D eigenvalue weighted by atomic mass is 16.4. The van der Waals surface area contributed by atoms with Crippen molar-refractivity contribution in [2.45, 2.75) is 64.0 Å². The number of likely N-dealkylation sites (tertiary alicyclic amines) is 1. The Bertz CT molecular complexity index is 852. The smallest absolute Gasteiger partial charge is 0.253 e. The average molecular weight is 356 g/mol. The van der Waals surface area contributed by atoms with Gasteiger partial charge in [0.15, 0.2) is 0 Å². The van der Waals surface area contributed by atoms with Gasteiger partial charge in [-0.1, -0.05) is 12.5 Å². The Morgan fingerprint density at radius 3 is 2.77 bits per heavy atom. The molecule has 2 aromatic heterocycles. The van der Waals surface area contributed by atoms with Gasteiger partial charge >= 0.3 is 0 Å². The first kappa shape index (κ1) is 17.0. The molecule has 0 N–H and O–H groups in total. The first-order chi connectivity index (χ1) is 12.6. The molecule has 3 heterocycles. The van der Waals surface area contributed by atoms with Crippen molar-refractivity contribution in [3.63, 3.8) is 0 Å². The van der Waals surface area contributed by atoms with Crippen molar-refractivity contribution < 1.29 is 9.21 Å². The van der Waals surface area contributed by atoms with Gasteiger partial charge in [0.1, 0.15) is 12.6 Å². The lowest BCUT2D eigenvalue weighted by atomic mass is 9.85. The first-order valence-electron chi connectivity index (χ1n) is 9.42. The lowest BCUT2D eigenvalue weighted by molar-refractivity contribution is -0.136. The second kappa shape index (κ2) is 7.05. The maximum Gasteiger partial charge on any atom is 0.253 e. The second-order valence-electron chi connectivity index (χ2n) is 7.33. The van der Waals surface area contributed by atoms with Crippen molar-refractivity contribution in [2.75, 3.05) is 6.54 Å². The van der Waals surface area contributed by atoms with Crippen molar-refractivity contribution in [2.24, 2.45) is 0 Å². The number of amides is 1. The Morgan fingerprint density at radius 1 is 1.19 bits per heavy atom. The van der Waals surface area contributed by atoms with E-state index < -0.39 is 0 Å². The van der Waals surface area contributed by atoms with E-state index in [1.54, 1.807) is 30.2 Å². The summed E-state index contributed by atoms with van der Waals surface area (Å²) in [6, 6.07) is 3.37. The monoisotopic (exact) mass is 356 g/mol. The first-order valence-corrected chi connectivity index (χ1v) is 9.42. The molecule has 0 spiro atoms. The number of hydrogen-bond donors (Lipinski definition) is 0. The minimum absolute atomic E-state index is 0.0423. The van der Waals surface area contributed by atoms with Gasteiger partial charge in [0.05, 0.1) is 0 Å². The Kier molecular flexibility index (Phi) is 4.61. The molecule has 1 atom stereocenters. The molecule has 1 aliphatic heterocycles. The summed E-state index contributed by atoms with van der Waals surface area (Å²) in [6.45, 7) is 2.46. The van der Waals surface area contributed by atoms with Gasteiger partial charge in [0.25, 0.3) is 5.56 Å². The highest BCUT2D eigenvalue weighted by Crippen LogP contribution is 2.37. The molecule has 4 rings (SSSR count). The predicted octanol–water partition coefficient (Wildman–Crippen LogP) is 2.56. The van der Waals surface area contributed by atoms with Crippen LogP contribution in [0.15, 0.2) is 27.5 Å². The van der Waals surface area contributed by atoms with Gasteiger partial charge in [-0.05, 0) is 45.1 Å². The molecule has 7 nitrogen and oxygen atoms in total. The van der Waals surface area contributed by atoms with E-state index in [1.807, 2.05) is 0 Å². The fourth-order valence-electron chi connectivity index (χ4n) is 3.71. The minimum atomic E-state index is -0.182. The van der Waals surface area contributed by atoms with Crippen molar-refractivity contribution in [1.82, 2.24) is 19.7 Å². The van der Waals surface area contributed by atoms with Crippen LogP contribution in [0.1, 0.15) is 67.8 Å². The van der Waals surface area contributed by atoms with Crippen LogP contribution >= 0.6 is 0 Å². The van der Waals surface area contributed by atoms with E-state index in [2.05, 4.69) is 10.2 Å². The van der Waals surface area contributed by atoms with Crippen LogP contribution in [-0.2, 0) is 11.3 Å². The molecule has 0 radical (unpaired) electrons. The quantitative estimate of drug-likeness (QED) is 0.841. The number of aromatic nitrogens is 3. The van der Waals surface area contributed by atoms with E-state index in [1.165, 1.54) is 11.0 Å². The summed E-state index contributed by atoms with van der Waals surface area (Å²) in [7, 11) is 0. The predicted molar refractivity (Wildman–Crippen MR) is 94.6 cm³/mol. The molecule has 26 heavy (non-hydrogen) atoms. The van der Waals surface area contributed by atoms with Crippen LogP contribution in [0.25, 0.3) is 0 Å². The third-order valence-corrected chi connectivity index (χ3v) is 5.53. The van der Waals surface area contributed by atoms with E-state index in [9.17, 15) is 9.59 Å². The second-order valence-corrected chi connectivity index (χ2v) is 7.33. The van der Waals surface area contributed by atoms with E-state index in [0.29, 0.717) is 29.8 Å². The lowest BCUT2D eigenvalue weighted by Gasteiger charge is -2.33. The summed E-state index contributed by atoms with van der Waals surface area (Å²) in [5.41, 5.74) is 0.511. The molecule has 2 aromatic rings. The molecule has 7 heteroatoms. The number of pyridine rings is 1. The molecular formula is C19H24N4O3. The van der Waals surface area contributed by atoms with Gasteiger partial charge < -0.3 is 13.9 Å². The van der Waals surface area contributed by atoms with E-state index in [-0.39, 0.29) is 24.1 Å². The number of nitrogens with zero attached hydrogens (tertiary/aromatic N) is 4. The molecule has 2 fully saturated rings. The van der Waals surface area contributed by atoms with Crippen LogP contribution in [0.3, 0.4) is 0 Å². The van der Waals surface area contributed by atoms with Gasteiger partial charge in [-0.15, -0.1) is 10.2 Å². The third kappa shape index (κ3) is 3.18. The van der Waals surface area contributed by atoms with Crippen LogP contribution in [0.2, 0.25) is 0 Å². The number of hydrogen-bond acceptors (Lipinski definition) is 5. The Labute approximate surface area is 152 Å². The molecule has 138 valence electrons. The van der Waals surface area contributed by atoms with Crippen LogP contribution in [-0.4, -0.2) is 32.1 Å². The summed E-state index contributed by atoms with van der Waals surface area (Å²) in [4.78, 5) is 26.9. The average Bonchev–Trinajstić information content (AvgIpc) is 3.06. The topological polar surface area (TPSA) is 81.2 Å². The summed E-state index contributed by atoms with van der Waals surface area (Å²) >= 11 is 0. The van der Waals surface area contributed by atoms with Gasteiger partial charge in [-0.25, -0.2) is 0 Å². The van der Waals surface area contributed by atoms with Crippen molar-refractivity contribution in [3.05, 3.63) is 46.0 Å². The maximum atomic E-state index is 12.9. The number of carbonyl (C=O) groups is 1. The fourth-order valence-corrected chi connectivity index (χ4v) is 3.71. The van der Waals surface area contributed by atoms with Gasteiger partial charge in [-0.2, -0.15) is 0 Å². The third-order valence-electron chi connectivity index (χ3n) is 5.53. The Balaban J connectivity index is 1.53. The van der Waals surface area contributed by atoms with Crippen LogP contribution in [0, 0.1) is 6.92 Å². The molecule has 0 bridgehead atoms. The van der Waals surface area contributed by atoms with E-state index in [4.69, 9.17) is 4.42 Å². The van der Waals surface area contributed by atoms with E-state index >= 15 is 0 Å². The van der Waals surface area contributed by atoms with Gasteiger partial charge in [0, 0.05) is 24.2 Å². The zero-order valence-corrected chi connectivity index (χ0v) is 15.1. The zero-order chi connectivity index (χ0) is 18.1. The van der Waals surface area contributed by atoms with Crippen molar-refractivity contribution >= 4 is 5.91 Å². The SMILES string of the molecule is Cc1cccn(CC(=O)N2CCCC[C@@H]2c2nnc(C3CCC3)o2)c1=O. The highest BCUT2D eigenvalue weighted by Gasteiger charge is 2.33. The number of rotatable bonds is 4. The van der Waals surface area contributed by atoms with Crippen molar-refractivity contribution in [3.8, 4) is 0 Å². The standard InChI is InChI=1S/C19H24N4O3/c1-13-6-5-10-22(19(13)25)12-16(24)23-11-3-2-9-15(23)18-21-20-17(26-18)14-7-4-8-14/h5-6,10,14-15H,2-4,7-9,11-12H2,1H3/t15-/m1/s1. The molecule has 2 aliphatic rings. The van der Waals surface area contributed by atoms with E-state index in [0.717, 1.165) is 32.1 Å². The van der Waals surface area contributed by atoms with Gasteiger partial charge in [-0.3, -0.25) is 9.59 Å². The number of aryl methyl sites for hydroxylation is 1. The van der Waals surface area contributed by atoms with Gasteiger partial charge in [0.2, 0.25) is 17.7 Å². The molecule has 1 amide bonds. The summed E-state index contributed by atoms with van der Waals surface area (Å²) in [6.07, 6.45) is 7.88. The molecular weight excluding hydrogens is 332 g/mol. The number of piperidine rings is 1. The molecule has 0 aromatic carbocycles. The summed E-state index contributed by atoms with van der Waals surface area (Å²) in [5, 5.41) is 8.44. The highest BCUT2D eigenvalue weighted by molar-refractivity contribution is 5.76. The molecule has 1 saturated heterocycles. The largest absolute Gasteiger partial charge is 0.423 e. The zero-order valence-electron chi connectivity index (χ0n) is 15.1. The summed E-state index contributed by atoms with van der Waals surface area (Å²) in [5.74, 6) is 1.55. The maximum absolute atomic E-state index is 12.9. The minimum Gasteiger partial charge on any atom is -0.423 e. The molecule has 1 saturated carbocycles. The van der Waals surface area contributed by atoms with Crippen LogP contribution in [0.5, 0.6) is 0 Å². The molecule has 0 unspecified atom stereocenters. The lowest BCUT2D eigenvalue weighted by Crippen LogP contribution is -2.42. The normalized spacial score (nSPS) is 20.8. The fraction of sp³-hybridized carbons (Fsp3) is 0.579. The van der Waals surface area contributed by atoms with Crippen LogP contribution < -0.4 is 5.56 Å². The van der Waals surface area contributed by atoms with Crippen molar-refractivity contribution in [1.29, 1.82) is 0 Å². The Morgan fingerprint density at radius 2 is 2.00 bits per heavy atom. The summed E-state index contributed by atoms with van der Waals surface area (Å²) < 4.78 is 7.39. The van der Waals surface area contributed by atoms with Crippen LogP contribution in [0.4, 0.5) is 0 Å². The number of carbonyl (C=O) groups excluding carboxylic acids is 1.